The van der Waals surface area contributed by atoms with Crippen LogP contribution in [0.4, 0.5) is 0 Å². The Morgan fingerprint density at radius 1 is 1.00 bits per heavy atom. The summed E-state index contributed by atoms with van der Waals surface area (Å²) >= 11 is 0. The standard InChI is InChI=1S/C25H23N3O3/c1-2-17-8-10-18(11-9-17)22-16-23(29)27-25(26-22)28-24(30)19-12-14-21(15-13-19)31-20-6-4-3-5-7-20/h3-15,22H,2,16H2,1H3,(H2,26,27,28,29,30)/t22-/m1/s1. The summed E-state index contributed by atoms with van der Waals surface area (Å²) in [4.78, 5) is 29.3. The average molecular weight is 413 g/mol. The molecule has 2 N–H and O–H groups in total. The normalized spacial score (nSPS) is 15.6. The van der Waals surface area contributed by atoms with Gasteiger partial charge in [0.1, 0.15) is 11.5 Å². The fraction of sp³-hybridized carbons (Fsp3) is 0.160. The predicted octanol–water partition coefficient (Wildman–Crippen LogP) is 4.39. The fourth-order valence-corrected chi connectivity index (χ4v) is 3.30. The highest BCUT2D eigenvalue weighted by Crippen LogP contribution is 2.24. The topological polar surface area (TPSA) is 79.8 Å². The zero-order chi connectivity index (χ0) is 21.6. The minimum Gasteiger partial charge on any atom is -0.457 e. The number of benzene rings is 3. The molecule has 0 fully saturated rings. The molecule has 31 heavy (non-hydrogen) atoms. The number of carbonyl (C=O) groups is 2. The van der Waals surface area contributed by atoms with E-state index in [-0.39, 0.29) is 30.2 Å². The van der Waals surface area contributed by atoms with Gasteiger partial charge in [0.05, 0.1) is 12.5 Å². The molecule has 0 radical (unpaired) electrons. The maximum absolute atomic E-state index is 12.6. The van der Waals surface area contributed by atoms with E-state index in [9.17, 15) is 9.59 Å². The number of amides is 2. The monoisotopic (exact) mass is 413 g/mol. The molecule has 1 atom stereocenters. The molecule has 1 aliphatic rings. The number of rotatable bonds is 5. The van der Waals surface area contributed by atoms with E-state index < -0.39 is 0 Å². The third kappa shape index (κ3) is 5.17. The molecule has 0 unspecified atom stereocenters. The number of guanidine groups is 1. The quantitative estimate of drug-likeness (QED) is 0.651. The Labute approximate surface area is 181 Å². The molecule has 156 valence electrons. The lowest BCUT2D eigenvalue weighted by Crippen LogP contribution is -2.47. The van der Waals surface area contributed by atoms with Gasteiger partial charge in [-0.3, -0.25) is 20.2 Å². The zero-order valence-electron chi connectivity index (χ0n) is 17.2. The Morgan fingerprint density at radius 2 is 1.68 bits per heavy atom. The number of hydrogen-bond acceptors (Lipinski definition) is 4. The van der Waals surface area contributed by atoms with Gasteiger partial charge in [-0.1, -0.05) is 49.4 Å². The first kappa shape index (κ1) is 20.3. The number of aliphatic imine (C=N–C) groups is 1. The van der Waals surface area contributed by atoms with Crippen molar-refractivity contribution in [3.05, 3.63) is 95.6 Å². The van der Waals surface area contributed by atoms with Crippen LogP contribution in [-0.4, -0.2) is 17.8 Å². The summed E-state index contributed by atoms with van der Waals surface area (Å²) in [7, 11) is 0. The third-order valence-electron chi connectivity index (χ3n) is 5.02. The molecular formula is C25H23N3O3. The molecule has 4 rings (SSSR count). The molecule has 3 aromatic carbocycles. The van der Waals surface area contributed by atoms with Crippen LogP contribution in [0, 0.1) is 0 Å². The van der Waals surface area contributed by atoms with E-state index in [1.807, 2.05) is 54.6 Å². The molecule has 6 nitrogen and oxygen atoms in total. The third-order valence-corrected chi connectivity index (χ3v) is 5.02. The van der Waals surface area contributed by atoms with Crippen molar-refractivity contribution in [1.82, 2.24) is 10.6 Å². The van der Waals surface area contributed by atoms with Crippen molar-refractivity contribution in [1.29, 1.82) is 0 Å². The van der Waals surface area contributed by atoms with Crippen LogP contribution in [0.15, 0.2) is 83.9 Å². The van der Waals surface area contributed by atoms with E-state index in [0.29, 0.717) is 11.3 Å². The number of nitrogens with zero attached hydrogens (tertiary/aromatic N) is 1. The molecule has 1 heterocycles. The van der Waals surface area contributed by atoms with Crippen molar-refractivity contribution in [2.24, 2.45) is 4.99 Å². The lowest BCUT2D eigenvalue weighted by atomic mass is 10.0. The van der Waals surface area contributed by atoms with Crippen LogP contribution in [0.5, 0.6) is 11.5 Å². The summed E-state index contributed by atoms with van der Waals surface area (Å²) in [6.07, 6.45) is 1.20. The summed E-state index contributed by atoms with van der Waals surface area (Å²) < 4.78 is 5.74. The van der Waals surface area contributed by atoms with Gasteiger partial charge in [-0.15, -0.1) is 0 Å². The largest absolute Gasteiger partial charge is 0.457 e. The molecule has 0 saturated carbocycles. The van der Waals surface area contributed by atoms with Gasteiger partial charge in [0.15, 0.2) is 0 Å². The molecule has 3 aromatic rings. The summed E-state index contributed by atoms with van der Waals surface area (Å²) in [5.74, 6) is 0.975. The predicted molar refractivity (Wildman–Crippen MR) is 119 cm³/mol. The van der Waals surface area contributed by atoms with Gasteiger partial charge in [-0.2, -0.15) is 0 Å². The van der Waals surface area contributed by atoms with Crippen LogP contribution in [0.2, 0.25) is 0 Å². The Morgan fingerprint density at radius 3 is 2.35 bits per heavy atom. The number of ether oxygens (including phenoxy) is 1. The highest BCUT2D eigenvalue weighted by Gasteiger charge is 2.23. The summed E-state index contributed by atoms with van der Waals surface area (Å²) in [6.45, 7) is 2.09. The molecule has 6 heteroatoms. The Kier molecular flexibility index (Phi) is 6.08. The Bertz CT molecular complexity index is 1090. The van der Waals surface area contributed by atoms with Crippen molar-refractivity contribution in [2.45, 2.75) is 25.8 Å². The second-order valence-corrected chi connectivity index (χ2v) is 7.23. The van der Waals surface area contributed by atoms with Crippen molar-refractivity contribution in [2.75, 3.05) is 0 Å². The maximum atomic E-state index is 12.6. The van der Waals surface area contributed by atoms with Gasteiger partial charge in [0, 0.05) is 5.56 Å². The number of carbonyl (C=O) groups excluding carboxylic acids is 2. The van der Waals surface area contributed by atoms with Crippen LogP contribution in [0.3, 0.4) is 0 Å². The molecule has 0 aliphatic carbocycles. The minimum atomic E-state index is -0.354. The summed E-state index contributed by atoms with van der Waals surface area (Å²) in [5.41, 5.74) is 2.61. The number of nitrogens with one attached hydrogen (secondary N) is 2. The number of para-hydroxylation sites is 1. The maximum Gasteiger partial charge on any atom is 0.257 e. The van der Waals surface area contributed by atoms with E-state index in [1.54, 1.807) is 24.3 Å². The van der Waals surface area contributed by atoms with Crippen LogP contribution in [0.1, 0.15) is 40.9 Å². The lowest BCUT2D eigenvalue weighted by molar-refractivity contribution is -0.120. The van der Waals surface area contributed by atoms with Crippen LogP contribution in [-0.2, 0) is 11.2 Å². The first-order valence-electron chi connectivity index (χ1n) is 10.2. The highest BCUT2D eigenvalue weighted by molar-refractivity contribution is 6.10. The van der Waals surface area contributed by atoms with Crippen molar-refractivity contribution >= 4 is 17.8 Å². The Balaban J connectivity index is 1.44. The number of hydrogen-bond donors (Lipinski definition) is 2. The highest BCUT2D eigenvalue weighted by atomic mass is 16.5. The van der Waals surface area contributed by atoms with Crippen LogP contribution in [0.25, 0.3) is 0 Å². The van der Waals surface area contributed by atoms with Crippen LogP contribution >= 0.6 is 0 Å². The fourth-order valence-electron chi connectivity index (χ4n) is 3.30. The smallest absolute Gasteiger partial charge is 0.257 e. The lowest BCUT2D eigenvalue weighted by Gasteiger charge is -2.21. The van der Waals surface area contributed by atoms with E-state index in [2.05, 4.69) is 22.5 Å². The van der Waals surface area contributed by atoms with Crippen molar-refractivity contribution in [3.8, 4) is 11.5 Å². The van der Waals surface area contributed by atoms with Crippen molar-refractivity contribution in [3.63, 3.8) is 0 Å². The van der Waals surface area contributed by atoms with E-state index in [4.69, 9.17) is 4.74 Å². The van der Waals surface area contributed by atoms with Gasteiger partial charge in [-0.05, 0) is 53.9 Å². The molecule has 0 saturated heterocycles. The SMILES string of the molecule is CCc1ccc([C@H]2CC(=O)NC(NC(=O)c3ccc(Oc4ccccc4)cc3)=N2)cc1. The molecular weight excluding hydrogens is 390 g/mol. The summed E-state index contributed by atoms with van der Waals surface area (Å²) in [6, 6.07) is 23.9. The summed E-state index contributed by atoms with van der Waals surface area (Å²) in [5, 5.41) is 5.33. The molecule has 0 spiro atoms. The van der Waals surface area contributed by atoms with Crippen LogP contribution < -0.4 is 15.4 Å². The van der Waals surface area contributed by atoms with Gasteiger partial charge in [-0.25, -0.2) is 4.99 Å². The van der Waals surface area contributed by atoms with Crippen molar-refractivity contribution < 1.29 is 14.3 Å². The van der Waals surface area contributed by atoms with E-state index >= 15 is 0 Å². The van der Waals surface area contributed by atoms with E-state index in [1.165, 1.54) is 5.56 Å². The van der Waals surface area contributed by atoms with Gasteiger partial charge in [0.2, 0.25) is 11.9 Å². The molecule has 0 bridgehead atoms. The van der Waals surface area contributed by atoms with Gasteiger partial charge >= 0.3 is 0 Å². The number of aryl methyl sites for hydroxylation is 1. The zero-order valence-corrected chi connectivity index (χ0v) is 17.2. The second-order valence-electron chi connectivity index (χ2n) is 7.23. The average Bonchev–Trinajstić information content (AvgIpc) is 2.80. The first-order valence-corrected chi connectivity index (χ1v) is 10.2. The Hall–Kier alpha value is -3.93. The first-order chi connectivity index (χ1) is 15.1. The minimum absolute atomic E-state index is 0.162. The second kappa shape index (κ2) is 9.26. The van der Waals surface area contributed by atoms with Gasteiger partial charge < -0.3 is 4.74 Å². The van der Waals surface area contributed by atoms with Gasteiger partial charge in [0.25, 0.3) is 5.91 Å². The van der Waals surface area contributed by atoms with E-state index in [0.717, 1.165) is 17.7 Å². The molecule has 2 amide bonds. The molecule has 1 aliphatic heterocycles. The molecule has 0 aromatic heterocycles.